The van der Waals surface area contributed by atoms with Crippen LogP contribution in [0.1, 0.15) is 51.4 Å². The van der Waals surface area contributed by atoms with Gasteiger partial charge in [0.25, 0.3) is 11.1 Å². The first-order chi connectivity index (χ1) is 23.6. The van der Waals surface area contributed by atoms with Crippen LogP contribution >= 0.6 is 22.7 Å². The van der Waals surface area contributed by atoms with Gasteiger partial charge in [0.1, 0.15) is 25.2 Å². The molecule has 1 amide bonds. The van der Waals surface area contributed by atoms with Gasteiger partial charge in [-0.15, -0.1) is 9.59 Å². The minimum Gasteiger partial charge on any atom is -0.860 e. The number of aromatic amines is 2. The molecule has 0 atom stereocenters. The smallest absolute Gasteiger partial charge is 0.330 e. The van der Waals surface area contributed by atoms with Crippen molar-refractivity contribution >= 4 is 54.9 Å². The van der Waals surface area contributed by atoms with Crippen LogP contribution in [0, 0.1) is 13.8 Å². The molecule has 0 unspecified atom stereocenters. The summed E-state index contributed by atoms with van der Waals surface area (Å²) >= 11 is 2.27. The van der Waals surface area contributed by atoms with Crippen molar-refractivity contribution in [1.29, 1.82) is 0 Å². The highest BCUT2D eigenvalue weighted by molar-refractivity contribution is 7.21. The fraction of sp³-hybridized carbons (Fsp3) is 0.400. The Morgan fingerprint density at radius 3 is 1.92 bits per heavy atom. The molecule has 0 radical (unpaired) electrons. The first-order valence-electron chi connectivity index (χ1n) is 15.5. The van der Waals surface area contributed by atoms with Crippen molar-refractivity contribution in [1.82, 2.24) is 54.4 Å². The van der Waals surface area contributed by atoms with E-state index >= 15 is 0 Å². The lowest BCUT2D eigenvalue weighted by atomic mass is 10.0. The van der Waals surface area contributed by atoms with Crippen molar-refractivity contribution < 1.29 is 9.90 Å². The molecule has 6 aromatic heterocycles. The average Bonchev–Trinajstić information content (AvgIpc) is 3.84. The van der Waals surface area contributed by atoms with Gasteiger partial charge in [-0.2, -0.15) is 20.4 Å². The number of nitrogens with zero attached hydrogens (tertiary/aromatic N) is 9. The van der Waals surface area contributed by atoms with E-state index in [1.54, 1.807) is 20.8 Å². The Labute approximate surface area is 289 Å². The zero-order chi connectivity index (χ0) is 36.3. The Morgan fingerprint density at radius 1 is 0.860 bits per heavy atom. The van der Waals surface area contributed by atoms with Crippen molar-refractivity contribution in [3.8, 4) is 10.0 Å². The van der Waals surface area contributed by atoms with Gasteiger partial charge in [0.15, 0.2) is 0 Å². The van der Waals surface area contributed by atoms with E-state index in [9.17, 15) is 29.1 Å². The lowest BCUT2D eigenvalue weighted by Crippen LogP contribution is -2.54. The van der Waals surface area contributed by atoms with Crippen LogP contribution in [0.15, 0.2) is 42.8 Å². The number of H-pyrrole nitrogens is 2. The monoisotopic (exact) mass is 721 g/mol. The van der Waals surface area contributed by atoms with Gasteiger partial charge in [0.2, 0.25) is 5.91 Å². The van der Waals surface area contributed by atoms with E-state index in [2.05, 4.69) is 40.7 Å². The quantitative estimate of drug-likeness (QED) is 0.128. The molecule has 6 heterocycles. The third-order valence-electron chi connectivity index (χ3n) is 8.40. The molecule has 0 saturated carbocycles. The molecular formula is C30H33N12O6S2-. The van der Waals surface area contributed by atoms with E-state index in [0.717, 1.165) is 31.8 Å². The van der Waals surface area contributed by atoms with E-state index in [4.69, 9.17) is 0 Å². The minimum absolute atomic E-state index is 0.0131. The van der Waals surface area contributed by atoms with Crippen molar-refractivity contribution in [3.63, 3.8) is 0 Å². The molecule has 50 heavy (non-hydrogen) atoms. The number of nitrogens with one attached hydrogen (secondary N) is 3. The summed E-state index contributed by atoms with van der Waals surface area (Å²) in [6, 6.07) is 0. The largest absolute Gasteiger partial charge is 0.860 e. The van der Waals surface area contributed by atoms with Gasteiger partial charge in [-0.05, 0) is 54.4 Å². The Balaban J connectivity index is 1.25. The molecule has 0 spiro atoms. The van der Waals surface area contributed by atoms with E-state index < -0.39 is 45.4 Å². The number of aryl methyl sites for hydroxylation is 2. The van der Waals surface area contributed by atoms with Crippen molar-refractivity contribution in [3.05, 3.63) is 77.1 Å². The van der Waals surface area contributed by atoms with Crippen LogP contribution in [0.4, 0.5) is 0 Å². The highest BCUT2D eigenvalue weighted by Gasteiger charge is 2.34. The molecule has 0 fully saturated rings. The van der Waals surface area contributed by atoms with Gasteiger partial charge in [0.05, 0.1) is 40.6 Å². The third-order valence-corrected chi connectivity index (χ3v) is 10.7. The number of aromatic nitrogens is 10. The fourth-order valence-electron chi connectivity index (χ4n) is 5.67. The van der Waals surface area contributed by atoms with Crippen LogP contribution in [0.5, 0.6) is 0 Å². The standard InChI is InChI=1S/C30H34N12O6S2/c1-8-31-25(45)29(4,5)39-22(44)18-15(3)24(50-20(18)37-27(39)47)42-35-13-16(38-42)9-10-32-26(46)30(6,7)40-21(43)17-14(2)23(41-33-11-12-34-41)49-19(17)36-28(40)48/h11-13H,8-10H2,1-7H3,(H,31,45)(H,32,46)(H,36,48)(H,37,47)/p-1. The van der Waals surface area contributed by atoms with Crippen LogP contribution in [-0.4, -0.2) is 74.0 Å². The second kappa shape index (κ2) is 12.4. The fourth-order valence-corrected chi connectivity index (χ4v) is 7.88. The molecule has 0 aliphatic rings. The summed E-state index contributed by atoms with van der Waals surface area (Å²) in [5, 5.41) is 34.6. The third kappa shape index (κ3) is 5.49. The number of thiophene rings is 2. The number of amides is 1. The van der Waals surface area contributed by atoms with E-state index in [0.29, 0.717) is 43.0 Å². The van der Waals surface area contributed by atoms with Crippen molar-refractivity contribution in [2.24, 2.45) is 4.99 Å². The van der Waals surface area contributed by atoms with Gasteiger partial charge in [-0.25, -0.2) is 18.7 Å². The molecule has 0 bridgehead atoms. The molecule has 3 N–H and O–H groups in total. The molecule has 6 aromatic rings. The number of fused-ring (bicyclic) bond motifs is 2. The minimum atomic E-state index is -1.61. The number of rotatable bonds is 10. The second-order valence-corrected chi connectivity index (χ2v) is 14.5. The van der Waals surface area contributed by atoms with Crippen LogP contribution in [0.3, 0.4) is 0 Å². The Kier molecular flexibility index (Phi) is 8.54. The van der Waals surface area contributed by atoms with Gasteiger partial charge in [-0.3, -0.25) is 24.4 Å². The first kappa shape index (κ1) is 34.4. The number of hydrogen-bond acceptors (Lipinski definition) is 13. The summed E-state index contributed by atoms with van der Waals surface area (Å²) in [5.74, 6) is -1.16. The summed E-state index contributed by atoms with van der Waals surface area (Å²) in [7, 11) is 0. The second-order valence-electron chi connectivity index (χ2n) is 12.5. The lowest BCUT2D eigenvalue weighted by molar-refractivity contribution is -0.228. The molecule has 6 rings (SSSR count). The molecule has 18 nitrogen and oxygen atoms in total. The zero-order valence-electron chi connectivity index (χ0n) is 28.1. The number of carbonyl (C=O) groups is 1. The van der Waals surface area contributed by atoms with E-state index in [-0.39, 0.29) is 23.7 Å². The predicted octanol–water partition coefficient (Wildman–Crippen LogP) is 0.202. The van der Waals surface area contributed by atoms with Crippen LogP contribution in [-0.2, 0) is 22.3 Å². The predicted molar refractivity (Wildman–Crippen MR) is 186 cm³/mol. The highest BCUT2D eigenvalue weighted by Crippen LogP contribution is 2.30. The van der Waals surface area contributed by atoms with E-state index in [1.165, 1.54) is 55.9 Å². The first-order valence-corrected chi connectivity index (χ1v) is 17.1. The van der Waals surface area contributed by atoms with Crippen molar-refractivity contribution in [2.75, 3.05) is 13.1 Å². The normalized spacial score (nSPS) is 12.7. The SMILES string of the molecule is CCNC(=O)C(C)(C)n1c(=O)[nH]c2sc(-n3ncc(CCN=C([O-])C(C)(C)n4c(=O)[nH]c5sc(-n6nccn6)c(C)c5c4=O)n3)c(C)c2c1=O. The summed E-state index contributed by atoms with van der Waals surface area (Å²) in [6.45, 7) is 11.4. The van der Waals surface area contributed by atoms with Gasteiger partial charge in [0, 0.05) is 30.6 Å². The summed E-state index contributed by atoms with van der Waals surface area (Å²) < 4.78 is 1.78. The highest BCUT2D eigenvalue weighted by atomic mass is 32.1. The van der Waals surface area contributed by atoms with Crippen LogP contribution in [0.25, 0.3) is 30.4 Å². The summed E-state index contributed by atoms with van der Waals surface area (Å²) in [6.07, 6.45) is 4.69. The van der Waals surface area contributed by atoms with Crippen LogP contribution < -0.4 is 32.9 Å². The topological polar surface area (TPSA) is 236 Å². The molecule has 0 aliphatic heterocycles. The maximum absolute atomic E-state index is 13.6. The van der Waals surface area contributed by atoms with Gasteiger partial charge >= 0.3 is 11.4 Å². The molecular weight excluding hydrogens is 689 g/mol. The maximum Gasteiger partial charge on any atom is 0.330 e. The molecule has 0 aromatic carbocycles. The van der Waals surface area contributed by atoms with Crippen LogP contribution in [0.2, 0.25) is 0 Å². The number of likely N-dealkylation sites (N-methyl/N-ethyl adjacent to an activating group) is 1. The molecule has 20 heteroatoms. The number of hydrogen-bond donors (Lipinski definition) is 3. The van der Waals surface area contributed by atoms with Gasteiger partial charge in [-0.1, -0.05) is 22.7 Å². The lowest BCUT2D eigenvalue weighted by Gasteiger charge is -2.32. The Morgan fingerprint density at radius 2 is 1.38 bits per heavy atom. The maximum atomic E-state index is 13.6. The summed E-state index contributed by atoms with van der Waals surface area (Å²) in [5.41, 5.74) is -4.23. The van der Waals surface area contributed by atoms with Gasteiger partial charge < -0.3 is 15.4 Å². The molecule has 262 valence electrons. The Bertz CT molecular complexity index is 2560. The van der Waals surface area contributed by atoms with E-state index in [1.807, 2.05) is 0 Å². The number of carbonyl (C=O) groups excluding carboxylic acids is 1. The number of aliphatic imine (C=N–C) groups is 1. The van der Waals surface area contributed by atoms with Crippen molar-refractivity contribution in [2.45, 2.75) is 66.0 Å². The molecule has 0 saturated heterocycles. The molecule has 0 aliphatic carbocycles. The zero-order valence-corrected chi connectivity index (χ0v) is 29.8. The summed E-state index contributed by atoms with van der Waals surface area (Å²) in [4.78, 5) is 78.9. The average molecular weight is 722 g/mol. The Hall–Kier alpha value is -5.50.